The van der Waals surface area contributed by atoms with E-state index in [1.54, 1.807) is 0 Å². The first-order valence-corrected chi connectivity index (χ1v) is 9.58. The summed E-state index contributed by atoms with van der Waals surface area (Å²) in [7, 11) is 0. The lowest BCUT2D eigenvalue weighted by molar-refractivity contribution is -0.114. The summed E-state index contributed by atoms with van der Waals surface area (Å²) in [5, 5.41) is 13.9. The molecule has 3 N–H and O–H groups in total. The number of nitrogens with one attached hydrogen (secondary N) is 2. The number of carbonyl (C=O) groups excluding carboxylic acids is 1. The summed E-state index contributed by atoms with van der Waals surface area (Å²) in [6, 6.07) is 13.7. The van der Waals surface area contributed by atoms with Gasteiger partial charge in [0, 0.05) is 37.8 Å². The Bertz CT molecular complexity index is 832. The van der Waals surface area contributed by atoms with Gasteiger partial charge in [0.25, 0.3) is 0 Å². The van der Waals surface area contributed by atoms with Crippen molar-refractivity contribution in [2.45, 2.75) is 26.2 Å². The Morgan fingerprint density at radius 1 is 1.18 bits per heavy atom. The predicted molar refractivity (Wildman–Crippen MR) is 110 cm³/mol. The highest BCUT2D eigenvalue weighted by Gasteiger charge is 2.20. The molecular weight excluding hydrogens is 356 g/mol. The van der Waals surface area contributed by atoms with E-state index in [2.05, 4.69) is 15.5 Å². The molecule has 0 bridgehead atoms. The average Bonchev–Trinajstić information content (AvgIpc) is 2.68. The molecule has 2 aromatic rings. The molecule has 0 atom stereocenters. The van der Waals surface area contributed by atoms with Gasteiger partial charge < -0.3 is 20.6 Å². The first-order chi connectivity index (χ1) is 13.5. The Balaban J connectivity index is 1.63. The van der Waals surface area contributed by atoms with Crippen LogP contribution < -0.4 is 15.5 Å². The third-order valence-corrected chi connectivity index (χ3v) is 4.98. The van der Waals surface area contributed by atoms with Gasteiger partial charge in [-0.15, -0.1) is 0 Å². The van der Waals surface area contributed by atoms with Crippen LogP contribution in [0.5, 0.6) is 0 Å². The van der Waals surface area contributed by atoms with E-state index in [0.717, 1.165) is 55.1 Å². The fourth-order valence-electron chi connectivity index (χ4n) is 3.55. The van der Waals surface area contributed by atoms with Crippen molar-refractivity contribution in [3.8, 4) is 11.3 Å². The van der Waals surface area contributed by atoms with Gasteiger partial charge in [-0.05, 0) is 49.4 Å². The summed E-state index contributed by atoms with van der Waals surface area (Å²) in [6.45, 7) is 3.84. The third kappa shape index (κ3) is 5.45. The average molecular weight is 382 g/mol. The van der Waals surface area contributed by atoms with Crippen molar-refractivity contribution in [2.75, 3.05) is 29.9 Å². The largest absolute Gasteiger partial charge is 0.465 e. The molecule has 1 fully saturated rings. The second-order valence-corrected chi connectivity index (χ2v) is 7.09. The Morgan fingerprint density at radius 2 is 1.93 bits per heavy atom. The van der Waals surface area contributed by atoms with Crippen molar-refractivity contribution < 1.29 is 14.7 Å². The molecule has 0 spiro atoms. The van der Waals surface area contributed by atoms with Gasteiger partial charge in [-0.1, -0.05) is 18.2 Å². The monoisotopic (exact) mass is 382 g/mol. The Hall–Kier alpha value is -3.09. The summed E-state index contributed by atoms with van der Waals surface area (Å²) < 4.78 is 0. The van der Waals surface area contributed by atoms with Crippen molar-refractivity contribution in [3.63, 3.8) is 0 Å². The summed E-state index contributed by atoms with van der Waals surface area (Å²) in [4.78, 5) is 28.9. The lowest BCUT2D eigenvalue weighted by atomic mass is 9.93. The number of carboxylic acid groups (broad SMARTS) is 1. The van der Waals surface area contributed by atoms with E-state index in [1.807, 2.05) is 42.5 Å². The number of anilines is 2. The molecule has 1 aliphatic rings. The Kier molecular flexibility index (Phi) is 6.47. The van der Waals surface area contributed by atoms with E-state index in [-0.39, 0.29) is 5.91 Å². The number of nitrogens with zero attached hydrogens (tertiary/aromatic N) is 2. The first-order valence-electron chi connectivity index (χ1n) is 9.58. The molecule has 1 aromatic heterocycles. The topological polar surface area (TPSA) is 94.6 Å². The number of carbonyl (C=O) groups is 2. The van der Waals surface area contributed by atoms with Gasteiger partial charge in [-0.2, -0.15) is 0 Å². The number of piperidine rings is 1. The second-order valence-electron chi connectivity index (χ2n) is 7.09. The van der Waals surface area contributed by atoms with E-state index >= 15 is 0 Å². The zero-order valence-electron chi connectivity index (χ0n) is 16.0. The molecular formula is C21H26N4O3. The molecule has 3 rings (SSSR count). The number of benzene rings is 1. The zero-order valence-corrected chi connectivity index (χ0v) is 16.0. The highest BCUT2D eigenvalue weighted by atomic mass is 16.4. The van der Waals surface area contributed by atoms with Crippen LogP contribution in [0.25, 0.3) is 11.3 Å². The maximum atomic E-state index is 11.3. The first kappa shape index (κ1) is 19.7. The molecule has 1 aliphatic heterocycles. The van der Waals surface area contributed by atoms with Gasteiger partial charge in [-0.25, -0.2) is 9.78 Å². The predicted octanol–water partition coefficient (Wildman–Crippen LogP) is 3.58. The number of aromatic nitrogens is 1. The Morgan fingerprint density at radius 3 is 2.64 bits per heavy atom. The van der Waals surface area contributed by atoms with Crippen molar-refractivity contribution in [1.82, 2.24) is 10.3 Å². The molecule has 148 valence electrons. The molecule has 1 aromatic carbocycles. The molecule has 0 radical (unpaired) electrons. The third-order valence-electron chi connectivity index (χ3n) is 4.98. The standard InChI is InChI=1S/C21H26N4O3/c1-15(26)23-18-5-2-4-17(14-18)19-6-3-7-20(24-19)25-12-9-16(10-13-25)8-11-22-21(27)28/h2-7,14,16,22H,8-13H2,1H3,(H,23,26)(H,27,28). The molecule has 7 heteroatoms. The van der Waals surface area contributed by atoms with Gasteiger partial charge in [0.05, 0.1) is 5.69 Å². The van der Waals surface area contributed by atoms with Crippen LogP contribution in [0.1, 0.15) is 26.2 Å². The molecule has 2 heterocycles. The van der Waals surface area contributed by atoms with Crippen LogP contribution in [0.15, 0.2) is 42.5 Å². The minimum absolute atomic E-state index is 0.0970. The highest BCUT2D eigenvalue weighted by Crippen LogP contribution is 2.27. The van der Waals surface area contributed by atoms with Gasteiger partial charge in [0.2, 0.25) is 5.91 Å². The number of hydrogen-bond acceptors (Lipinski definition) is 4. The number of hydrogen-bond donors (Lipinski definition) is 3. The van der Waals surface area contributed by atoms with Crippen LogP contribution in [0, 0.1) is 5.92 Å². The van der Waals surface area contributed by atoms with Crippen molar-refractivity contribution in [1.29, 1.82) is 0 Å². The van der Waals surface area contributed by atoms with Gasteiger partial charge in [-0.3, -0.25) is 4.79 Å². The minimum Gasteiger partial charge on any atom is -0.465 e. The smallest absolute Gasteiger partial charge is 0.404 e. The molecule has 0 aliphatic carbocycles. The fourth-order valence-corrected chi connectivity index (χ4v) is 3.55. The van der Waals surface area contributed by atoms with Crippen LogP contribution in [-0.2, 0) is 4.79 Å². The van der Waals surface area contributed by atoms with Gasteiger partial charge in [0.1, 0.15) is 5.82 Å². The summed E-state index contributed by atoms with van der Waals surface area (Å²) in [5.74, 6) is 1.39. The maximum absolute atomic E-state index is 11.3. The van der Waals surface area contributed by atoms with Crippen molar-refractivity contribution in [2.24, 2.45) is 5.92 Å². The number of pyridine rings is 1. The molecule has 1 saturated heterocycles. The van der Waals surface area contributed by atoms with E-state index in [9.17, 15) is 9.59 Å². The second kappa shape index (κ2) is 9.21. The molecule has 0 saturated carbocycles. The zero-order chi connectivity index (χ0) is 19.9. The SMILES string of the molecule is CC(=O)Nc1cccc(-c2cccc(N3CCC(CCNC(=O)O)CC3)n2)c1. The fraction of sp³-hybridized carbons (Fsp3) is 0.381. The van der Waals surface area contributed by atoms with Crippen LogP contribution >= 0.6 is 0 Å². The lowest BCUT2D eigenvalue weighted by Crippen LogP contribution is -2.35. The molecule has 28 heavy (non-hydrogen) atoms. The minimum atomic E-state index is -0.957. The molecule has 0 unspecified atom stereocenters. The van der Waals surface area contributed by atoms with Crippen molar-refractivity contribution in [3.05, 3.63) is 42.5 Å². The van der Waals surface area contributed by atoms with E-state index in [0.29, 0.717) is 12.5 Å². The van der Waals surface area contributed by atoms with Gasteiger partial charge in [0.15, 0.2) is 0 Å². The lowest BCUT2D eigenvalue weighted by Gasteiger charge is -2.33. The van der Waals surface area contributed by atoms with E-state index in [1.165, 1.54) is 6.92 Å². The number of rotatable bonds is 6. The summed E-state index contributed by atoms with van der Waals surface area (Å²) in [6.07, 6.45) is 1.99. The Labute approximate surface area is 164 Å². The van der Waals surface area contributed by atoms with Crippen LogP contribution in [0.3, 0.4) is 0 Å². The van der Waals surface area contributed by atoms with E-state index in [4.69, 9.17) is 10.1 Å². The molecule has 7 nitrogen and oxygen atoms in total. The van der Waals surface area contributed by atoms with Crippen LogP contribution in [0.4, 0.5) is 16.3 Å². The van der Waals surface area contributed by atoms with Crippen LogP contribution in [-0.4, -0.2) is 41.7 Å². The quantitative estimate of drug-likeness (QED) is 0.710. The highest BCUT2D eigenvalue weighted by molar-refractivity contribution is 5.89. The maximum Gasteiger partial charge on any atom is 0.404 e. The number of amides is 2. The van der Waals surface area contributed by atoms with Crippen LogP contribution in [0.2, 0.25) is 0 Å². The normalized spacial score (nSPS) is 14.5. The summed E-state index contributed by atoms with van der Waals surface area (Å²) in [5.41, 5.74) is 2.59. The van der Waals surface area contributed by atoms with E-state index < -0.39 is 6.09 Å². The van der Waals surface area contributed by atoms with Crippen molar-refractivity contribution >= 4 is 23.5 Å². The van der Waals surface area contributed by atoms with Gasteiger partial charge >= 0.3 is 6.09 Å². The molecule has 2 amide bonds. The summed E-state index contributed by atoms with van der Waals surface area (Å²) >= 11 is 0.